The Morgan fingerprint density at radius 1 is 1.31 bits per heavy atom. The van der Waals surface area contributed by atoms with Crippen LogP contribution in [-0.4, -0.2) is 12.4 Å². The highest BCUT2D eigenvalue weighted by Crippen LogP contribution is 2.41. The molecule has 0 aromatic heterocycles. The van der Waals surface area contributed by atoms with Crippen molar-refractivity contribution in [2.24, 2.45) is 0 Å². The number of fused-ring (bicyclic) bond motifs is 2. The van der Waals surface area contributed by atoms with Crippen LogP contribution in [0, 0.1) is 0 Å². The lowest BCUT2D eigenvalue weighted by Crippen LogP contribution is -2.07. The Balaban J connectivity index is 2.05. The number of benzene rings is 1. The molecule has 0 bridgehead atoms. The second-order valence-corrected chi connectivity index (χ2v) is 4.19. The third kappa shape index (κ3) is 1.30. The molecule has 0 unspecified atom stereocenters. The lowest BCUT2D eigenvalue weighted by Gasteiger charge is -2.19. The van der Waals surface area contributed by atoms with Gasteiger partial charge in [-0.15, -0.1) is 0 Å². The molecular weight excluding hydrogens is 200 g/mol. The monoisotopic (exact) mass is 212 g/mol. The Labute approximate surface area is 94.2 Å². The second kappa shape index (κ2) is 3.34. The Morgan fingerprint density at radius 3 is 2.94 bits per heavy atom. The standard InChI is InChI=1S/C14H12O2/c1-9(15)10-6-11-8-16-14-5-3-2-4-12(14)13(11)7-10/h2-6H,7-8H2,1H3. The van der Waals surface area contributed by atoms with Crippen LogP contribution in [0.2, 0.25) is 0 Å². The molecule has 2 nitrogen and oxygen atoms in total. The second-order valence-electron chi connectivity index (χ2n) is 4.19. The van der Waals surface area contributed by atoms with Crippen molar-refractivity contribution in [2.45, 2.75) is 13.3 Å². The molecule has 1 aliphatic heterocycles. The zero-order valence-electron chi connectivity index (χ0n) is 9.12. The lowest BCUT2D eigenvalue weighted by atomic mass is 9.97. The van der Waals surface area contributed by atoms with E-state index in [2.05, 4.69) is 6.07 Å². The van der Waals surface area contributed by atoms with E-state index in [1.165, 1.54) is 5.57 Å². The first kappa shape index (κ1) is 9.40. The molecule has 1 aromatic carbocycles. The molecule has 0 atom stereocenters. The molecule has 1 aliphatic carbocycles. The van der Waals surface area contributed by atoms with Crippen LogP contribution < -0.4 is 4.74 Å². The van der Waals surface area contributed by atoms with Gasteiger partial charge in [0, 0.05) is 12.0 Å². The topological polar surface area (TPSA) is 26.3 Å². The predicted molar refractivity (Wildman–Crippen MR) is 62.2 cm³/mol. The van der Waals surface area contributed by atoms with Gasteiger partial charge in [-0.3, -0.25) is 4.79 Å². The summed E-state index contributed by atoms with van der Waals surface area (Å²) in [5.41, 5.74) is 4.44. The van der Waals surface area contributed by atoms with Crippen molar-refractivity contribution in [3.8, 4) is 5.75 Å². The maximum absolute atomic E-state index is 11.4. The minimum absolute atomic E-state index is 0.159. The molecule has 0 radical (unpaired) electrons. The van der Waals surface area contributed by atoms with Crippen LogP contribution in [0.15, 0.2) is 41.5 Å². The summed E-state index contributed by atoms with van der Waals surface area (Å²) in [5, 5.41) is 0. The van der Waals surface area contributed by atoms with Crippen molar-refractivity contribution in [3.63, 3.8) is 0 Å². The summed E-state index contributed by atoms with van der Waals surface area (Å²) >= 11 is 0. The largest absolute Gasteiger partial charge is 0.488 e. The van der Waals surface area contributed by atoms with E-state index in [9.17, 15) is 4.79 Å². The maximum Gasteiger partial charge on any atom is 0.156 e. The summed E-state index contributed by atoms with van der Waals surface area (Å²) in [5.74, 6) is 1.09. The Bertz CT molecular complexity index is 535. The van der Waals surface area contributed by atoms with Crippen LogP contribution in [0.4, 0.5) is 0 Å². The Hall–Kier alpha value is -1.83. The van der Waals surface area contributed by atoms with Crippen molar-refractivity contribution in [1.82, 2.24) is 0 Å². The minimum Gasteiger partial charge on any atom is -0.488 e. The average molecular weight is 212 g/mol. The number of carbonyl (C=O) groups is 1. The first-order valence-electron chi connectivity index (χ1n) is 5.41. The average Bonchev–Trinajstić information content (AvgIpc) is 2.73. The highest BCUT2D eigenvalue weighted by molar-refractivity contribution is 6.00. The van der Waals surface area contributed by atoms with E-state index in [0.717, 1.165) is 28.9 Å². The zero-order valence-corrected chi connectivity index (χ0v) is 9.12. The molecule has 0 spiro atoms. The molecular formula is C14H12O2. The van der Waals surface area contributed by atoms with Gasteiger partial charge in [-0.1, -0.05) is 18.2 Å². The van der Waals surface area contributed by atoms with Crippen molar-refractivity contribution < 1.29 is 9.53 Å². The van der Waals surface area contributed by atoms with E-state index < -0.39 is 0 Å². The molecule has 1 heterocycles. The molecule has 2 aliphatic rings. The van der Waals surface area contributed by atoms with Crippen LogP contribution in [-0.2, 0) is 4.79 Å². The first-order chi connectivity index (χ1) is 7.75. The number of ether oxygens (including phenoxy) is 1. The molecule has 0 N–H and O–H groups in total. The third-order valence-electron chi connectivity index (χ3n) is 3.15. The summed E-state index contributed by atoms with van der Waals surface area (Å²) in [6.07, 6.45) is 2.73. The number of para-hydroxylation sites is 1. The van der Waals surface area contributed by atoms with Crippen molar-refractivity contribution in [3.05, 3.63) is 47.1 Å². The van der Waals surface area contributed by atoms with Gasteiger partial charge in [0.1, 0.15) is 12.4 Å². The van der Waals surface area contributed by atoms with Crippen LogP contribution >= 0.6 is 0 Å². The highest BCUT2D eigenvalue weighted by atomic mass is 16.5. The van der Waals surface area contributed by atoms with Crippen LogP contribution in [0.3, 0.4) is 0 Å². The summed E-state index contributed by atoms with van der Waals surface area (Å²) in [4.78, 5) is 11.4. The van der Waals surface area contributed by atoms with Gasteiger partial charge in [0.15, 0.2) is 5.78 Å². The van der Waals surface area contributed by atoms with Gasteiger partial charge >= 0.3 is 0 Å². The smallest absolute Gasteiger partial charge is 0.156 e. The minimum atomic E-state index is 0.159. The van der Waals surface area contributed by atoms with E-state index >= 15 is 0 Å². The first-order valence-corrected chi connectivity index (χ1v) is 5.41. The van der Waals surface area contributed by atoms with Crippen molar-refractivity contribution in [1.29, 1.82) is 0 Å². The molecule has 2 heteroatoms. The van der Waals surface area contributed by atoms with Gasteiger partial charge in [0.05, 0.1) is 0 Å². The van der Waals surface area contributed by atoms with Crippen LogP contribution in [0.5, 0.6) is 5.75 Å². The number of hydrogen-bond acceptors (Lipinski definition) is 2. The number of carbonyl (C=O) groups excluding carboxylic acids is 1. The highest BCUT2D eigenvalue weighted by Gasteiger charge is 2.25. The van der Waals surface area contributed by atoms with E-state index in [1.54, 1.807) is 6.92 Å². The summed E-state index contributed by atoms with van der Waals surface area (Å²) in [6.45, 7) is 2.21. The van der Waals surface area contributed by atoms with Gasteiger partial charge < -0.3 is 4.74 Å². The van der Waals surface area contributed by atoms with Gasteiger partial charge in [-0.2, -0.15) is 0 Å². The lowest BCUT2D eigenvalue weighted by molar-refractivity contribution is -0.113. The van der Waals surface area contributed by atoms with Gasteiger partial charge in [-0.25, -0.2) is 0 Å². The predicted octanol–water partition coefficient (Wildman–Crippen LogP) is 2.75. The third-order valence-corrected chi connectivity index (χ3v) is 3.15. The van der Waals surface area contributed by atoms with Crippen molar-refractivity contribution >= 4 is 11.4 Å². The van der Waals surface area contributed by atoms with Crippen LogP contribution in [0.1, 0.15) is 18.9 Å². The fourth-order valence-corrected chi connectivity index (χ4v) is 2.27. The van der Waals surface area contributed by atoms with Gasteiger partial charge in [0.2, 0.25) is 0 Å². The summed E-state index contributed by atoms with van der Waals surface area (Å²) in [6, 6.07) is 8.01. The molecule has 0 saturated carbocycles. The normalized spacial score (nSPS) is 17.4. The summed E-state index contributed by atoms with van der Waals surface area (Å²) in [7, 11) is 0. The molecule has 3 rings (SSSR count). The van der Waals surface area contributed by atoms with E-state index in [-0.39, 0.29) is 5.78 Å². The van der Waals surface area contributed by atoms with E-state index in [1.807, 2.05) is 24.3 Å². The van der Waals surface area contributed by atoms with Gasteiger partial charge in [-0.05, 0) is 35.8 Å². The number of ketones is 1. The number of rotatable bonds is 1. The number of Topliss-reactive ketones (excluding diaryl/α,β-unsaturated/α-hetero) is 1. The SMILES string of the molecule is CC(=O)C1=CC2=C(C1)c1ccccc1OC2. The molecule has 80 valence electrons. The fraction of sp³-hybridized carbons (Fsp3) is 0.214. The quantitative estimate of drug-likeness (QED) is 0.715. The Morgan fingerprint density at radius 2 is 2.12 bits per heavy atom. The number of allylic oxidation sites excluding steroid dienone is 2. The summed E-state index contributed by atoms with van der Waals surface area (Å²) < 4.78 is 5.65. The molecule has 0 amide bonds. The van der Waals surface area contributed by atoms with E-state index in [0.29, 0.717) is 6.61 Å². The fourth-order valence-electron chi connectivity index (χ4n) is 2.27. The van der Waals surface area contributed by atoms with Crippen LogP contribution in [0.25, 0.3) is 5.57 Å². The molecule has 0 fully saturated rings. The van der Waals surface area contributed by atoms with Crippen molar-refractivity contribution in [2.75, 3.05) is 6.61 Å². The zero-order chi connectivity index (χ0) is 11.1. The van der Waals surface area contributed by atoms with Gasteiger partial charge in [0.25, 0.3) is 0 Å². The Kier molecular flexibility index (Phi) is 1.96. The maximum atomic E-state index is 11.4. The molecule has 16 heavy (non-hydrogen) atoms. The number of hydrogen-bond donors (Lipinski definition) is 0. The molecule has 1 aromatic rings. The molecule has 0 saturated heterocycles. The van der Waals surface area contributed by atoms with E-state index in [4.69, 9.17) is 4.74 Å².